The molecule has 17 atom stereocenters. The zero-order valence-electron chi connectivity index (χ0n) is 29.3. The van der Waals surface area contributed by atoms with Crippen molar-refractivity contribution in [3.8, 4) is 0 Å². The molecule has 0 unspecified atom stereocenters. The third-order valence-electron chi connectivity index (χ3n) is 12.6. The fourth-order valence-corrected chi connectivity index (χ4v) is 9.64. The molecule has 5 saturated heterocycles. The van der Waals surface area contributed by atoms with Gasteiger partial charge in [0.25, 0.3) is 0 Å². The predicted octanol–water partition coefficient (Wildman–Crippen LogP) is 3.88. The summed E-state index contributed by atoms with van der Waals surface area (Å²) in [7, 11) is 1.52. The number of carbonyl (C=O) groups is 1. The summed E-state index contributed by atoms with van der Waals surface area (Å²) in [6.45, 7) is 15.5. The van der Waals surface area contributed by atoms with Gasteiger partial charge >= 0.3 is 5.97 Å². The van der Waals surface area contributed by atoms with E-state index in [4.69, 9.17) is 28.4 Å². The molecule has 4 N–H and O–H groups in total. The van der Waals surface area contributed by atoms with E-state index in [1.54, 1.807) is 6.92 Å². The number of ether oxygens (including phenoxy) is 6. The van der Waals surface area contributed by atoms with Crippen LogP contribution >= 0.6 is 0 Å². The number of carboxylic acids is 1. The molecule has 0 aliphatic carbocycles. The number of hydrogen-bond acceptors (Lipinski definition) is 10. The minimum absolute atomic E-state index is 0.167. The van der Waals surface area contributed by atoms with Crippen molar-refractivity contribution in [2.75, 3.05) is 13.7 Å². The second kappa shape index (κ2) is 13.1. The summed E-state index contributed by atoms with van der Waals surface area (Å²) in [5.74, 6) is -4.52. The fraction of sp³-hybridized carbons (Fsp3) is 0.971. The van der Waals surface area contributed by atoms with Gasteiger partial charge in [-0.05, 0) is 64.7 Å². The molecule has 0 aromatic rings. The maximum atomic E-state index is 11.8. The van der Waals surface area contributed by atoms with E-state index in [2.05, 4.69) is 27.7 Å². The number of aliphatic carboxylic acids is 1. The molecule has 1 spiro atoms. The van der Waals surface area contributed by atoms with Gasteiger partial charge in [0.2, 0.25) is 0 Å². The fourth-order valence-electron chi connectivity index (χ4n) is 9.64. The highest BCUT2D eigenvalue weighted by Gasteiger charge is 2.61. The van der Waals surface area contributed by atoms with Crippen LogP contribution in [-0.2, 0) is 33.2 Å². The highest BCUT2D eigenvalue weighted by Crippen LogP contribution is 2.54. The lowest BCUT2D eigenvalue weighted by Gasteiger charge is -2.48. The Morgan fingerprint density at radius 2 is 1.67 bits per heavy atom. The van der Waals surface area contributed by atoms with Gasteiger partial charge in [-0.15, -0.1) is 0 Å². The van der Waals surface area contributed by atoms with Crippen molar-refractivity contribution in [1.82, 2.24) is 0 Å². The summed E-state index contributed by atoms with van der Waals surface area (Å²) in [6, 6.07) is 0. The Balaban J connectivity index is 1.26. The molecule has 5 rings (SSSR count). The van der Waals surface area contributed by atoms with Crippen molar-refractivity contribution in [3.63, 3.8) is 0 Å². The van der Waals surface area contributed by atoms with Gasteiger partial charge in [0, 0.05) is 37.7 Å². The largest absolute Gasteiger partial charge is 0.481 e. The summed E-state index contributed by atoms with van der Waals surface area (Å²) in [5.41, 5.74) is -1.19. The maximum Gasteiger partial charge on any atom is 0.308 e. The highest BCUT2D eigenvalue weighted by atomic mass is 16.7. The molecule has 0 aromatic heterocycles. The quantitative estimate of drug-likeness (QED) is 0.286. The Labute approximate surface area is 274 Å². The molecule has 11 heteroatoms. The van der Waals surface area contributed by atoms with E-state index in [1.165, 1.54) is 7.11 Å². The van der Waals surface area contributed by atoms with Crippen molar-refractivity contribution in [3.05, 3.63) is 0 Å². The number of carboxylic acid groups (broad SMARTS) is 1. The predicted molar refractivity (Wildman–Crippen MR) is 168 cm³/mol. The molecule has 0 saturated carbocycles. The number of aliphatic hydroxyl groups is 3. The number of rotatable bonds is 9. The van der Waals surface area contributed by atoms with Crippen LogP contribution in [0.15, 0.2) is 0 Å². The topological polar surface area (TPSA) is 153 Å². The molecule has 5 heterocycles. The van der Waals surface area contributed by atoms with Crippen LogP contribution in [-0.4, -0.2) is 106 Å². The molecule has 46 heavy (non-hydrogen) atoms. The van der Waals surface area contributed by atoms with E-state index < -0.39 is 59.6 Å². The van der Waals surface area contributed by atoms with E-state index >= 15 is 0 Å². The van der Waals surface area contributed by atoms with Gasteiger partial charge in [-0.25, -0.2) is 0 Å². The van der Waals surface area contributed by atoms with Crippen molar-refractivity contribution in [1.29, 1.82) is 0 Å². The average Bonchev–Trinajstić information content (AvgIpc) is 3.69. The summed E-state index contributed by atoms with van der Waals surface area (Å²) >= 11 is 0. The van der Waals surface area contributed by atoms with Crippen LogP contribution in [0, 0.1) is 35.5 Å². The summed E-state index contributed by atoms with van der Waals surface area (Å²) < 4.78 is 39.1. The first-order valence-corrected chi connectivity index (χ1v) is 17.6. The van der Waals surface area contributed by atoms with E-state index in [1.807, 2.05) is 20.8 Å². The Bertz CT molecular complexity index is 1090. The van der Waals surface area contributed by atoms with Crippen LogP contribution in [0.2, 0.25) is 0 Å². The molecule has 0 bridgehead atoms. The number of aliphatic hydroxyl groups excluding tert-OH is 2. The lowest BCUT2D eigenvalue weighted by molar-refractivity contribution is -0.336. The molecule has 0 radical (unpaired) electrons. The molecule has 266 valence electrons. The number of methoxy groups -OCH3 is 1. The van der Waals surface area contributed by atoms with Crippen LogP contribution < -0.4 is 0 Å². The lowest BCUT2D eigenvalue weighted by Crippen LogP contribution is -2.57. The standard InChI is InChI=1S/C35H60O11/c1-18-14-20(3)35(40,17-36)45-27(18)25-15-19(2)30(42-25)33(8)11-10-26(43-33)32(7)12-13-34(46-32)16-24(37)21(4)29(44-34)22(5)28(41-9)23(6)31(38)39/h18-30,36-37,40H,10-17H2,1-9H3,(H,38,39)/t18-,19-,20+,21+,22-,23-,24-,25+,26+,27+,28+,29-,30+,32-,33-,34+,35-/m0/s1. The molecular formula is C35H60O11. The third-order valence-corrected chi connectivity index (χ3v) is 12.6. The Kier molecular flexibility index (Phi) is 10.4. The van der Waals surface area contributed by atoms with E-state index in [0.717, 1.165) is 25.7 Å². The van der Waals surface area contributed by atoms with Crippen LogP contribution in [0.25, 0.3) is 0 Å². The van der Waals surface area contributed by atoms with Crippen LogP contribution in [0.4, 0.5) is 0 Å². The van der Waals surface area contributed by atoms with E-state index in [-0.39, 0.29) is 54.0 Å². The highest BCUT2D eigenvalue weighted by molar-refractivity contribution is 5.70. The van der Waals surface area contributed by atoms with Crippen molar-refractivity contribution in [2.24, 2.45) is 35.5 Å². The van der Waals surface area contributed by atoms with Crippen molar-refractivity contribution < 1.29 is 53.6 Å². The van der Waals surface area contributed by atoms with E-state index in [0.29, 0.717) is 19.3 Å². The zero-order chi connectivity index (χ0) is 34.0. The Hall–Kier alpha value is -0.890. The molecule has 5 aliphatic rings. The molecular weight excluding hydrogens is 596 g/mol. The van der Waals surface area contributed by atoms with Gasteiger partial charge < -0.3 is 48.8 Å². The van der Waals surface area contributed by atoms with Crippen molar-refractivity contribution in [2.45, 2.75) is 166 Å². The van der Waals surface area contributed by atoms with Crippen LogP contribution in [0.5, 0.6) is 0 Å². The maximum absolute atomic E-state index is 11.8. The minimum Gasteiger partial charge on any atom is -0.481 e. The molecule has 0 aromatic carbocycles. The second-order valence-corrected chi connectivity index (χ2v) is 16.2. The minimum atomic E-state index is -1.56. The van der Waals surface area contributed by atoms with Gasteiger partial charge in [-0.3, -0.25) is 4.79 Å². The first kappa shape index (κ1) is 36.4. The SMILES string of the molecule is CO[C@H]([C@H](C)[C@H]1O[C@@]2(CC[C@@](C)([C@H]3CC[C@@](C)([C@@H]4O[C@@H]([C@@H]5O[C@@](O)(CO)[C@H](C)C[C@@H]5C)C[C@@H]4C)O3)O2)C[C@H](O)[C@H]1C)[C@H](C)C(=O)O. The molecule has 5 fully saturated rings. The molecule has 11 nitrogen and oxygen atoms in total. The summed E-state index contributed by atoms with van der Waals surface area (Å²) in [5, 5.41) is 41.7. The Morgan fingerprint density at radius 3 is 2.30 bits per heavy atom. The first-order valence-electron chi connectivity index (χ1n) is 17.6. The summed E-state index contributed by atoms with van der Waals surface area (Å²) in [4.78, 5) is 11.8. The van der Waals surface area contributed by atoms with Gasteiger partial charge in [-0.2, -0.15) is 0 Å². The van der Waals surface area contributed by atoms with Gasteiger partial charge in [0.05, 0.1) is 66.5 Å². The molecule has 0 amide bonds. The monoisotopic (exact) mass is 656 g/mol. The number of hydrogen-bond donors (Lipinski definition) is 4. The van der Waals surface area contributed by atoms with Crippen LogP contribution in [0.1, 0.15) is 100 Å². The normalized spacial score (nSPS) is 51.7. The zero-order valence-corrected chi connectivity index (χ0v) is 29.3. The molecule has 5 aliphatic heterocycles. The van der Waals surface area contributed by atoms with E-state index in [9.17, 15) is 25.2 Å². The summed E-state index contributed by atoms with van der Waals surface area (Å²) in [6.07, 6.45) is 2.15. The second-order valence-electron chi connectivity index (χ2n) is 16.2. The van der Waals surface area contributed by atoms with Crippen molar-refractivity contribution >= 4 is 5.97 Å². The van der Waals surface area contributed by atoms with Crippen LogP contribution in [0.3, 0.4) is 0 Å². The smallest absolute Gasteiger partial charge is 0.308 e. The average molecular weight is 657 g/mol. The first-order chi connectivity index (χ1) is 21.4. The lowest BCUT2D eigenvalue weighted by atomic mass is 9.78. The third kappa shape index (κ3) is 6.42. The van der Waals surface area contributed by atoms with Gasteiger partial charge in [-0.1, -0.05) is 34.6 Å². The van der Waals surface area contributed by atoms with Gasteiger partial charge in [0.1, 0.15) is 0 Å². The van der Waals surface area contributed by atoms with Gasteiger partial charge in [0.15, 0.2) is 11.6 Å². The Morgan fingerprint density at radius 1 is 0.978 bits per heavy atom.